The fraction of sp³-hybridized carbons (Fsp3) is 0.520. The molecule has 1 aliphatic heterocycles. The van der Waals surface area contributed by atoms with Crippen molar-refractivity contribution in [1.29, 1.82) is 0 Å². The molecule has 7 atom stereocenters. The van der Waals surface area contributed by atoms with Crippen molar-refractivity contribution in [3.8, 4) is 17.2 Å². The molecule has 392 valence electrons. The van der Waals surface area contributed by atoms with Gasteiger partial charge in [0, 0.05) is 22.6 Å². The minimum atomic E-state index is -6.01. The van der Waals surface area contributed by atoms with Crippen LogP contribution in [0.3, 0.4) is 0 Å². The Morgan fingerprint density at radius 2 is 0.809 bits per heavy atom. The van der Waals surface area contributed by atoms with Crippen LogP contribution in [-0.4, -0.2) is 165 Å². The Labute approximate surface area is 385 Å². The molecule has 1 unspecified atom stereocenters. The van der Waals surface area contributed by atoms with E-state index in [9.17, 15) is 99.8 Å². The van der Waals surface area contributed by atoms with Crippen LogP contribution in [0.5, 0.6) is 17.2 Å². The molecule has 2 aromatic rings. The molecule has 0 bridgehead atoms. The van der Waals surface area contributed by atoms with E-state index in [1.54, 1.807) is 0 Å². The van der Waals surface area contributed by atoms with E-state index in [1.165, 1.54) is 19.9 Å². The first-order chi connectivity index (χ1) is 30.3. The predicted octanol–water partition coefficient (Wildman–Crippen LogP) is -2.70. The van der Waals surface area contributed by atoms with Crippen molar-refractivity contribution < 1.29 is 152 Å². The maximum Gasteiger partial charge on any atom is 0.397 e. The lowest BCUT2D eigenvalue weighted by Crippen LogP contribution is -2.50. The van der Waals surface area contributed by atoms with Gasteiger partial charge in [0.2, 0.25) is 0 Å². The molecule has 9 N–H and O–H groups in total. The maximum atomic E-state index is 11.9. The monoisotopic (exact) mass is 1150 g/mol. The van der Waals surface area contributed by atoms with Crippen LogP contribution in [0, 0.1) is 0 Å². The molecule has 3 rings (SSSR count). The van der Waals surface area contributed by atoms with Crippen molar-refractivity contribution in [2.75, 3.05) is 19.8 Å². The summed E-state index contributed by atoms with van der Waals surface area (Å²) in [5.41, 5.74) is -1.51. The summed E-state index contributed by atoms with van der Waals surface area (Å²) in [6.45, 7) is -2.24. The van der Waals surface area contributed by atoms with Gasteiger partial charge < -0.3 is 14.6 Å². The Kier molecular flexibility index (Phi) is 18.6. The molecule has 68 heavy (non-hydrogen) atoms. The zero-order valence-corrected chi connectivity index (χ0v) is 39.6. The minimum absolute atomic E-state index is 0.172. The van der Waals surface area contributed by atoms with E-state index in [0.717, 1.165) is 30.3 Å². The van der Waals surface area contributed by atoms with E-state index in [4.69, 9.17) is 18.6 Å². The van der Waals surface area contributed by atoms with Gasteiger partial charge in [-0.05, 0) is 17.7 Å². The SMILES string of the molecule is CC1(C)c2ccc(OC[C@@H](OS(=O)(=O)O)[C@H](OS(=O)(=O)O)[C@@H](COS(=O)(=O)O)OS(=O)(=O)O)cc2Oc2cc(C(O)[C@@H](OS(=O)(=O)O)[C@H](OS(=O)(=O)O)[C@@H](COS(=O)(=O)O)OS(=O)(=O)O)ccc21. The van der Waals surface area contributed by atoms with Crippen molar-refractivity contribution in [2.24, 2.45) is 0 Å². The topological polar surface area (TPSA) is 547 Å². The molecule has 0 spiro atoms. The van der Waals surface area contributed by atoms with Gasteiger partial charge in [-0.15, -0.1) is 0 Å². The van der Waals surface area contributed by atoms with Gasteiger partial charge in [-0.2, -0.15) is 67.3 Å². The molecule has 0 aromatic heterocycles. The predicted molar refractivity (Wildman–Crippen MR) is 209 cm³/mol. The van der Waals surface area contributed by atoms with Crippen LogP contribution in [0.25, 0.3) is 0 Å². The number of hydrogen-bond acceptors (Lipinski definition) is 27. The molecule has 0 fully saturated rings. The third-order valence-corrected chi connectivity index (χ3v) is 11.9. The fourth-order valence-corrected chi connectivity index (χ4v) is 9.44. The van der Waals surface area contributed by atoms with Gasteiger partial charge in [-0.1, -0.05) is 32.0 Å². The van der Waals surface area contributed by atoms with E-state index in [1.807, 2.05) is 0 Å². The second kappa shape index (κ2) is 21.4. The molecule has 0 saturated carbocycles. The van der Waals surface area contributed by atoms with Crippen molar-refractivity contribution in [3.63, 3.8) is 0 Å². The average Bonchev–Trinajstić information content (AvgIpc) is 3.10. The summed E-state index contributed by atoms with van der Waals surface area (Å²) in [7, 11) is -46.7. The van der Waals surface area contributed by atoms with Crippen LogP contribution in [-0.2, 0) is 122 Å². The quantitative estimate of drug-likeness (QED) is 0.0411. The number of fused-ring (bicyclic) bond motifs is 2. The van der Waals surface area contributed by atoms with E-state index in [0.29, 0.717) is 0 Å². The van der Waals surface area contributed by atoms with Crippen LogP contribution in [0.2, 0.25) is 0 Å². The molecule has 1 heterocycles. The van der Waals surface area contributed by atoms with Crippen molar-refractivity contribution in [2.45, 2.75) is 62.0 Å². The number of ether oxygens (including phenoxy) is 2. The highest BCUT2D eigenvalue weighted by atomic mass is 32.3. The number of benzene rings is 2. The summed E-state index contributed by atoms with van der Waals surface area (Å²) in [6, 6.07) is 6.22. The molecule has 0 radical (unpaired) electrons. The maximum absolute atomic E-state index is 11.9. The van der Waals surface area contributed by atoms with Crippen LogP contribution in [0.15, 0.2) is 36.4 Å². The second-order valence-corrected chi connectivity index (χ2v) is 21.9. The lowest BCUT2D eigenvalue weighted by atomic mass is 9.75. The van der Waals surface area contributed by atoms with Gasteiger partial charge in [-0.3, -0.25) is 36.4 Å². The van der Waals surface area contributed by atoms with Crippen LogP contribution >= 0.6 is 0 Å². The normalized spacial score (nSPS) is 18.2. The van der Waals surface area contributed by atoms with Crippen LogP contribution in [0.4, 0.5) is 0 Å². The Balaban J connectivity index is 2.15. The van der Waals surface area contributed by atoms with Gasteiger partial charge in [0.15, 0.2) is 0 Å². The first kappa shape index (κ1) is 59.3. The summed E-state index contributed by atoms with van der Waals surface area (Å²) in [5, 5.41) is 11.4. The molecule has 0 aliphatic carbocycles. The summed E-state index contributed by atoms with van der Waals surface area (Å²) >= 11 is 0. The number of hydrogen-bond donors (Lipinski definition) is 9. The Bertz CT molecular complexity index is 3080. The van der Waals surface area contributed by atoms with E-state index in [-0.39, 0.29) is 22.6 Å². The standard InChI is InChI=1S/C25H34O35S8/c1-25(2)14-5-3-12(21(26)24(60-68(48,49)50)23(59-67(45,46)47)20(57-65(39,40)41)11-53-62(30,31)32)7-16(14)54-17-8-13(4-6-15(17)25)51-9-18(55-63(33,34)35)22(58-66(42,43)44)19(56-64(36,37)38)10-52-61(27,28)29/h3-8,18-24,26H,9-11H2,1-2H3,(H,27,28,29)(H,30,31,32)(H,33,34,35)(H,36,37,38)(H,39,40,41)(H,42,43,44)(H,45,46,47)(H,48,49,50)/t18-,19-,20-,21?,22+,23-,24-/m1/s1. The Morgan fingerprint density at radius 1 is 0.456 bits per heavy atom. The zero-order valence-electron chi connectivity index (χ0n) is 33.0. The molecule has 35 nitrogen and oxygen atoms in total. The highest BCUT2D eigenvalue weighted by Gasteiger charge is 2.47. The number of aliphatic hydroxyl groups excluding tert-OH is 1. The third kappa shape index (κ3) is 20.0. The summed E-state index contributed by atoms with van der Waals surface area (Å²) < 4.78 is 304. The fourth-order valence-electron chi connectivity index (χ4n) is 5.86. The highest BCUT2D eigenvalue weighted by molar-refractivity contribution is 7.82. The van der Waals surface area contributed by atoms with Gasteiger partial charge in [0.1, 0.15) is 66.6 Å². The van der Waals surface area contributed by atoms with Gasteiger partial charge in [0.05, 0.1) is 13.2 Å². The van der Waals surface area contributed by atoms with E-state index >= 15 is 0 Å². The number of aliphatic hydroxyl groups is 1. The summed E-state index contributed by atoms with van der Waals surface area (Å²) in [5.74, 6) is -1.12. The summed E-state index contributed by atoms with van der Waals surface area (Å²) in [4.78, 5) is 0. The highest BCUT2D eigenvalue weighted by Crippen LogP contribution is 2.49. The Morgan fingerprint density at radius 3 is 1.22 bits per heavy atom. The molecule has 2 aromatic carbocycles. The molecule has 0 amide bonds. The Hall–Kier alpha value is -3.04. The van der Waals surface area contributed by atoms with E-state index < -0.39 is 162 Å². The largest absolute Gasteiger partial charge is 0.491 e. The van der Waals surface area contributed by atoms with Crippen LogP contribution < -0.4 is 9.47 Å². The second-order valence-electron chi connectivity index (χ2n) is 13.5. The van der Waals surface area contributed by atoms with E-state index in [2.05, 4.69) is 33.5 Å². The van der Waals surface area contributed by atoms with Gasteiger partial charge in [-0.25, -0.2) is 33.5 Å². The first-order valence-corrected chi connectivity index (χ1v) is 27.7. The molecule has 1 aliphatic rings. The average molecular weight is 1150 g/mol. The smallest absolute Gasteiger partial charge is 0.397 e. The van der Waals surface area contributed by atoms with Gasteiger partial charge >= 0.3 is 83.2 Å². The van der Waals surface area contributed by atoms with Gasteiger partial charge in [0.25, 0.3) is 0 Å². The lowest BCUT2D eigenvalue weighted by Gasteiger charge is -2.36. The minimum Gasteiger partial charge on any atom is -0.491 e. The van der Waals surface area contributed by atoms with Crippen molar-refractivity contribution >= 4 is 83.2 Å². The molecular weight excluding hydrogens is 1120 g/mol. The molecule has 0 saturated heterocycles. The number of rotatable bonds is 27. The summed E-state index contributed by atoms with van der Waals surface area (Å²) in [6.07, 6.45) is -20.9. The first-order valence-electron chi connectivity index (χ1n) is 16.8. The molecular formula is C25H34O35S8. The lowest BCUT2D eigenvalue weighted by molar-refractivity contribution is -0.0864. The third-order valence-electron chi connectivity index (χ3n) is 8.21. The van der Waals surface area contributed by atoms with Crippen LogP contribution in [0.1, 0.15) is 36.6 Å². The van der Waals surface area contributed by atoms with Crippen molar-refractivity contribution in [3.05, 3.63) is 53.1 Å². The van der Waals surface area contributed by atoms with Crippen molar-refractivity contribution in [1.82, 2.24) is 0 Å². The molecule has 43 heteroatoms. The zero-order chi connectivity index (χ0) is 52.4.